The van der Waals surface area contributed by atoms with Crippen molar-refractivity contribution in [3.8, 4) is 11.5 Å². The minimum absolute atomic E-state index is 0. The van der Waals surface area contributed by atoms with Crippen LogP contribution in [0.1, 0.15) is 5.56 Å². The van der Waals surface area contributed by atoms with Crippen molar-refractivity contribution >= 4 is 41.3 Å². The van der Waals surface area contributed by atoms with Crippen molar-refractivity contribution < 1.29 is 18.6 Å². The minimum atomic E-state index is -0.228. The fraction of sp³-hybridized carbons (Fsp3) is 0.381. The van der Waals surface area contributed by atoms with Crippen molar-refractivity contribution in [3.05, 3.63) is 47.8 Å². The van der Waals surface area contributed by atoms with Crippen molar-refractivity contribution in [1.82, 2.24) is 5.32 Å². The zero-order chi connectivity index (χ0) is 20.6. The molecule has 9 heteroatoms. The van der Waals surface area contributed by atoms with Crippen LogP contribution in [0.25, 0.3) is 0 Å². The first-order chi connectivity index (χ1) is 14.1. The number of halogens is 2. The summed E-state index contributed by atoms with van der Waals surface area (Å²) in [6, 6.07) is 10.8. The Labute approximate surface area is 193 Å². The van der Waals surface area contributed by atoms with E-state index in [9.17, 15) is 4.39 Å². The maximum Gasteiger partial charge on any atom is 0.195 e. The van der Waals surface area contributed by atoms with Crippen LogP contribution >= 0.6 is 24.0 Å². The van der Waals surface area contributed by atoms with Crippen LogP contribution in [0, 0.1) is 5.82 Å². The first kappa shape index (κ1) is 24.0. The lowest BCUT2D eigenvalue weighted by molar-refractivity contribution is 0.122. The number of morpholine rings is 1. The summed E-state index contributed by atoms with van der Waals surface area (Å²) in [7, 11) is 4.86. The molecule has 2 aromatic carbocycles. The number of benzene rings is 2. The highest BCUT2D eigenvalue weighted by Gasteiger charge is 2.15. The number of guanidine groups is 1. The summed E-state index contributed by atoms with van der Waals surface area (Å²) in [4.78, 5) is 6.22. The van der Waals surface area contributed by atoms with E-state index in [4.69, 9.17) is 14.2 Å². The maximum atomic E-state index is 14.6. The van der Waals surface area contributed by atoms with E-state index in [-0.39, 0.29) is 29.8 Å². The SMILES string of the molecule is CN=C(NCc1ccc(N2CCOCC2)c(F)c1)Nc1ccc(OC)c(OC)c1.I. The van der Waals surface area contributed by atoms with E-state index in [1.165, 1.54) is 0 Å². The Hall–Kier alpha value is -2.27. The smallest absolute Gasteiger partial charge is 0.195 e. The quantitative estimate of drug-likeness (QED) is 0.339. The van der Waals surface area contributed by atoms with Crippen LogP contribution in [0.4, 0.5) is 15.8 Å². The number of hydrogen-bond acceptors (Lipinski definition) is 5. The van der Waals surface area contributed by atoms with Gasteiger partial charge in [0.25, 0.3) is 0 Å². The molecule has 0 saturated carbocycles. The molecule has 3 rings (SSSR count). The van der Waals surface area contributed by atoms with Gasteiger partial charge in [-0.1, -0.05) is 6.07 Å². The van der Waals surface area contributed by atoms with E-state index in [0.29, 0.717) is 56.0 Å². The zero-order valence-corrected chi connectivity index (χ0v) is 19.7. The molecule has 2 N–H and O–H groups in total. The van der Waals surface area contributed by atoms with E-state index in [1.807, 2.05) is 35.2 Å². The van der Waals surface area contributed by atoms with Gasteiger partial charge >= 0.3 is 0 Å². The van der Waals surface area contributed by atoms with Crippen LogP contribution in [-0.2, 0) is 11.3 Å². The average Bonchev–Trinajstić information content (AvgIpc) is 2.77. The van der Waals surface area contributed by atoms with Gasteiger partial charge in [-0.15, -0.1) is 24.0 Å². The molecule has 2 aromatic rings. The number of methoxy groups -OCH3 is 2. The number of hydrogen-bond donors (Lipinski definition) is 2. The first-order valence-electron chi connectivity index (χ1n) is 9.45. The Morgan fingerprint density at radius 3 is 2.47 bits per heavy atom. The third-order valence-corrected chi connectivity index (χ3v) is 4.69. The summed E-state index contributed by atoms with van der Waals surface area (Å²) < 4.78 is 30.5. The second-order valence-electron chi connectivity index (χ2n) is 6.51. The van der Waals surface area contributed by atoms with Gasteiger partial charge in [0.2, 0.25) is 0 Å². The van der Waals surface area contributed by atoms with E-state index in [1.54, 1.807) is 27.3 Å². The van der Waals surface area contributed by atoms with Gasteiger partial charge in [-0.05, 0) is 29.8 Å². The van der Waals surface area contributed by atoms with Gasteiger partial charge in [0, 0.05) is 38.4 Å². The summed E-state index contributed by atoms with van der Waals surface area (Å²) in [5.74, 6) is 1.61. The second kappa shape index (κ2) is 11.8. The van der Waals surface area contributed by atoms with Gasteiger partial charge in [0.15, 0.2) is 17.5 Å². The molecule has 1 fully saturated rings. The predicted octanol–water partition coefficient (Wildman–Crippen LogP) is 3.49. The van der Waals surface area contributed by atoms with Gasteiger partial charge in [-0.25, -0.2) is 4.39 Å². The van der Waals surface area contributed by atoms with Crippen LogP contribution in [0.15, 0.2) is 41.4 Å². The molecule has 30 heavy (non-hydrogen) atoms. The summed E-state index contributed by atoms with van der Waals surface area (Å²) >= 11 is 0. The molecule has 1 aliphatic rings. The summed E-state index contributed by atoms with van der Waals surface area (Å²) in [5, 5.41) is 6.38. The van der Waals surface area contributed by atoms with E-state index in [2.05, 4.69) is 15.6 Å². The monoisotopic (exact) mass is 530 g/mol. The lowest BCUT2D eigenvalue weighted by atomic mass is 10.1. The molecule has 7 nitrogen and oxygen atoms in total. The molecular weight excluding hydrogens is 502 g/mol. The normalized spacial score (nSPS) is 14.0. The zero-order valence-electron chi connectivity index (χ0n) is 17.4. The van der Waals surface area contributed by atoms with Crippen molar-refractivity contribution in [2.75, 3.05) is 57.8 Å². The summed E-state index contributed by atoms with van der Waals surface area (Å²) in [6.45, 7) is 3.10. The van der Waals surface area contributed by atoms with Crippen molar-refractivity contribution in [3.63, 3.8) is 0 Å². The number of nitrogens with one attached hydrogen (secondary N) is 2. The standard InChI is InChI=1S/C21H27FN4O3.HI/c1-23-21(25-16-5-7-19(27-2)20(13-16)28-3)24-14-15-4-6-18(17(22)12-15)26-8-10-29-11-9-26;/h4-7,12-13H,8-11,14H2,1-3H3,(H2,23,24,25);1H. The Morgan fingerprint density at radius 2 is 1.83 bits per heavy atom. The fourth-order valence-electron chi connectivity index (χ4n) is 3.14. The highest BCUT2D eigenvalue weighted by atomic mass is 127. The first-order valence-corrected chi connectivity index (χ1v) is 9.45. The van der Waals surface area contributed by atoms with Crippen LogP contribution in [0.3, 0.4) is 0 Å². The number of nitrogens with zero attached hydrogens (tertiary/aromatic N) is 2. The second-order valence-corrected chi connectivity index (χ2v) is 6.51. The van der Waals surface area contributed by atoms with Crippen LogP contribution in [0.2, 0.25) is 0 Å². The molecule has 0 amide bonds. The van der Waals surface area contributed by atoms with Crippen LogP contribution in [0.5, 0.6) is 11.5 Å². The molecule has 0 unspecified atom stereocenters. The maximum absolute atomic E-state index is 14.6. The molecular formula is C21H28FIN4O3. The number of aliphatic imine (C=N–C) groups is 1. The molecule has 0 spiro atoms. The number of anilines is 2. The highest BCUT2D eigenvalue weighted by molar-refractivity contribution is 14.0. The molecule has 1 aliphatic heterocycles. The molecule has 1 heterocycles. The molecule has 1 saturated heterocycles. The molecule has 0 atom stereocenters. The summed E-state index contributed by atoms with van der Waals surface area (Å²) in [5.41, 5.74) is 2.24. The molecule has 0 radical (unpaired) electrons. The Bertz CT molecular complexity index is 860. The molecule has 0 aliphatic carbocycles. The highest BCUT2D eigenvalue weighted by Crippen LogP contribution is 2.29. The number of ether oxygens (including phenoxy) is 3. The van der Waals surface area contributed by atoms with Crippen molar-refractivity contribution in [1.29, 1.82) is 0 Å². The van der Waals surface area contributed by atoms with E-state index in [0.717, 1.165) is 11.3 Å². The minimum Gasteiger partial charge on any atom is -0.493 e. The fourth-order valence-corrected chi connectivity index (χ4v) is 3.14. The van der Waals surface area contributed by atoms with Crippen LogP contribution in [-0.4, -0.2) is 53.5 Å². The Balaban J connectivity index is 0.00000320. The Morgan fingerprint density at radius 1 is 1.10 bits per heavy atom. The van der Waals surface area contributed by atoms with Gasteiger partial charge in [0.1, 0.15) is 5.82 Å². The molecule has 164 valence electrons. The third kappa shape index (κ3) is 6.11. The number of rotatable bonds is 6. The predicted molar refractivity (Wildman–Crippen MR) is 128 cm³/mol. The van der Waals surface area contributed by atoms with E-state index >= 15 is 0 Å². The average molecular weight is 530 g/mol. The van der Waals surface area contributed by atoms with Gasteiger partial charge in [-0.2, -0.15) is 0 Å². The topological polar surface area (TPSA) is 67.4 Å². The van der Waals surface area contributed by atoms with Crippen molar-refractivity contribution in [2.45, 2.75) is 6.54 Å². The largest absolute Gasteiger partial charge is 0.493 e. The van der Waals surface area contributed by atoms with Gasteiger partial charge in [0.05, 0.1) is 33.1 Å². The summed E-state index contributed by atoms with van der Waals surface area (Å²) in [6.07, 6.45) is 0. The lowest BCUT2D eigenvalue weighted by Gasteiger charge is -2.29. The van der Waals surface area contributed by atoms with Gasteiger partial charge in [-0.3, -0.25) is 4.99 Å². The van der Waals surface area contributed by atoms with Crippen LogP contribution < -0.4 is 25.0 Å². The van der Waals surface area contributed by atoms with E-state index < -0.39 is 0 Å². The van der Waals surface area contributed by atoms with Gasteiger partial charge < -0.3 is 29.7 Å². The van der Waals surface area contributed by atoms with Crippen molar-refractivity contribution in [2.24, 2.45) is 4.99 Å². The molecule has 0 bridgehead atoms. The molecule has 0 aromatic heterocycles. The lowest BCUT2D eigenvalue weighted by Crippen LogP contribution is -2.36. The third-order valence-electron chi connectivity index (χ3n) is 4.69. The Kier molecular flexibility index (Phi) is 9.44.